The Morgan fingerprint density at radius 3 is 2.26 bits per heavy atom. The minimum atomic E-state index is 0.121. The van der Waals surface area contributed by atoms with Crippen molar-refractivity contribution in [3.8, 4) is 0 Å². The van der Waals surface area contributed by atoms with Crippen LogP contribution in [0.25, 0.3) is 5.57 Å². The lowest BCUT2D eigenvalue weighted by Crippen LogP contribution is -2.29. The molecular formula is C22H25N. The molecule has 1 nitrogen and oxygen atoms in total. The number of fused-ring (bicyclic) bond motifs is 1. The molecule has 1 heteroatoms. The summed E-state index contributed by atoms with van der Waals surface area (Å²) >= 11 is 0. The van der Waals surface area contributed by atoms with Crippen LogP contribution in [0.4, 0.5) is 0 Å². The molecule has 0 amide bonds. The fourth-order valence-electron chi connectivity index (χ4n) is 4.46. The van der Waals surface area contributed by atoms with Crippen LogP contribution in [-0.2, 0) is 11.8 Å². The highest BCUT2D eigenvalue weighted by molar-refractivity contribution is 5.84. The molecule has 118 valence electrons. The summed E-state index contributed by atoms with van der Waals surface area (Å²) in [6.45, 7) is 4.82. The maximum atomic E-state index is 2.45. The Morgan fingerprint density at radius 1 is 0.870 bits per heavy atom. The van der Waals surface area contributed by atoms with E-state index in [4.69, 9.17) is 0 Å². The summed E-state index contributed by atoms with van der Waals surface area (Å²) in [4.78, 5) is 2.45. The van der Waals surface area contributed by atoms with E-state index in [-0.39, 0.29) is 5.41 Å². The number of piperidine rings is 1. The van der Waals surface area contributed by atoms with Crippen molar-refractivity contribution in [1.82, 2.24) is 4.90 Å². The number of likely N-dealkylation sites (tertiary alicyclic amines) is 1. The summed E-state index contributed by atoms with van der Waals surface area (Å²) in [6.07, 6.45) is 3.55. The maximum absolute atomic E-state index is 2.45. The highest BCUT2D eigenvalue weighted by atomic mass is 15.1. The summed E-state index contributed by atoms with van der Waals surface area (Å²) < 4.78 is 0. The Balaban J connectivity index is 1.89. The van der Waals surface area contributed by atoms with Crippen LogP contribution in [0.2, 0.25) is 0 Å². The zero-order chi connectivity index (χ0) is 15.9. The molecule has 0 spiro atoms. The van der Waals surface area contributed by atoms with Gasteiger partial charge in [-0.25, -0.2) is 0 Å². The quantitative estimate of drug-likeness (QED) is 0.739. The molecule has 0 aromatic heterocycles. The lowest BCUT2D eigenvalue weighted by atomic mass is 9.73. The van der Waals surface area contributed by atoms with Gasteiger partial charge in [0.05, 0.1) is 0 Å². The Kier molecular flexibility index (Phi) is 3.61. The van der Waals surface area contributed by atoms with Gasteiger partial charge in [0, 0.05) is 18.5 Å². The molecule has 2 aliphatic rings. The zero-order valence-electron chi connectivity index (χ0n) is 14.2. The van der Waals surface area contributed by atoms with Crippen molar-refractivity contribution in [2.75, 3.05) is 20.1 Å². The van der Waals surface area contributed by atoms with Crippen LogP contribution in [0, 0.1) is 0 Å². The molecule has 0 saturated carbocycles. The van der Waals surface area contributed by atoms with Crippen molar-refractivity contribution >= 4 is 5.57 Å². The first-order valence-corrected chi connectivity index (χ1v) is 8.73. The SMILES string of the molecule is CN1CCC(=C2c3ccccc3CC2(C)c2ccccc2)CC1. The third kappa shape index (κ3) is 2.44. The van der Waals surface area contributed by atoms with Gasteiger partial charge >= 0.3 is 0 Å². The van der Waals surface area contributed by atoms with E-state index in [1.807, 2.05) is 0 Å². The lowest BCUT2D eigenvalue weighted by molar-refractivity contribution is 0.312. The van der Waals surface area contributed by atoms with Gasteiger partial charge in [-0.1, -0.05) is 67.1 Å². The third-order valence-electron chi connectivity index (χ3n) is 5.74. The summed E-state index contributed by atoms with van der Waals surface area (Å²) in [5, 5.41) is 0. The highest BCUT2D eigenvalue weighted by Gasteiger charge is 2.40. The summed E-state index contributed by atoms with van der Waals surface area (Å²) in [7, 11) is 2.24. The third-order valence-corrected chi connectivity index (χ3v) is 5.74. The van der Waals surface area contributed by atoms with E-state index in [2.05, 4.69) is 73.5 Å². The molecular weight excluding hydrogens is 278 g/mol. The van der Waals surface area contributed by atoms with Gasteiger partial charge in [-0.3, -0.25) is 0 Å². The van der Waals surface area contributed by atoms with E-state index in [0.717, 1.165) is 6.42 Å². The van der Waals surface area contributed by atoms with Crippen LogP contribution in [0.5, 0.6) is 0 Å². The van der Waals surface area contributed by atoms with Crippen LogP contribution in [0.1, 0.15) is 36.5 Å². The van der Waals surface area contributed by atoms with Gasteiger partial charge in [0.15, 0.2) is 0 Å². The molecule has 1 aliphatic heterocycles. The first-order valence-electron chi connectivity index (χ1n) is 8.73. The second-order valence-corrected chi connectivity index (χ2v) is 7.31. The van der Waals surface area contributed by atoms with E-state index in [9.17, 15) is 0 Å². The van der Waals surface area contributed by atoms with Gasteiger partial charge in [-0.15, -0.1) is 0 Å². The van der Waals surface area contributed by atoms with Crippen LogP contribution in [0.3, 0.4) is 0 Å². The van der Waals surface area contributed by atoms with Crippen LogP contribution >= 0.6 is 0 Å². The Labute approximate surface area is 139 Å². The minimum absolute atomic E-state index is 0.121. The first kappa shape index (κ1) is 14.7. The Hall–Kier alpha value is -1.86. The lowest BCUT2D eigenvalue weighted by Gasteiger charge is -2.33. The molecule has 1 aliphatic carbocycles. The second-order valence-electron chi connectivity index (χ2n) is 7.31. The normalized spacial score (nSPS) is 24.8. The van der Waals surface area contributed by atoms with E-state index < -0.39 is 0 Å². The van der Waals surface area contributed by atoms with Crippen molar-refractivity contribution in [1.29, 1.82) is 0 Å². The van der Waals surface area contributed by atoms with Crippen molar-refractivity contribution in [2.24, 2.45) is 0 Å². The van der Waals surface area contributed by atoms with Crippen LogP contribution in [0.15, 0.2) is 60.2 Å². The first-order chi connectivity index (χ1) is 11.2. The fraction of sp³-hybridized carbons (Fsp3) is 0.364. The van der Waals surface area contributed by atoms with Gasteiger partial charge in [0.2, 0.25) is 0 Å². The maximum Gasteiger partial charge on any atom is 0.0220 e. The van der Waals surface area contributed by atoms with E-state index in [1.165, 1.54) is 42.6 Å². The molecule has 1 fully saturated rings. The Bertz CT molecular complexity index is 734. The standard InChI is InChI=1S/C22H25N/c1-22(19-9-4-3-5-10-19)16-18-8-6-7-11-20(18)21(22)17-12-14-23(2)15-13-17/h3-11H,12-16H2,1-2H3. The molecule has 1 saturated heterocycles. The van der Waals surface area contributed by atoms with Gasteiger partial charge in [0.1, 0.15) is 0 Å². The van der Waals surface area contributed by atoms with Crippen molar-refractivity contribution in [3.63, 3.8) is 0 Å². The molecule has 1 heterocycles. The van der Waals surface area contributed by atoms with Crippen LogP contribution < -0.4 is 0 Å². The summed E-state index contributed by atoms with van der Waals surface area (Å²) in [6, 6.07) is 20.1. The summed E-state index contributed by atoms with van der Waals surface area (Å²) in [5.41, 5.74) is 7.89. The van der Waals surface area contributed by atoms with Crippen molar-refractivity contribution in [3.05, 3.63) is 76.9 Å². The van der Waals surface area contributed by atoms with Crippen LogP contribution in [-0.4, -0.2) is 25.0 Å². The second kappa shape index (κ2) is 5.65. The van der Waals surface area contributed by atoms with Gasteiger partial charge in [-0.05, 0) is 48.6 Å². The molecule has 1 atom stereocenters. The molecule has 2 aromatic carbocycles. The Morgan fingerprint density at radius 2 is 1.52 bits per heavy atom. The average molecular weight is 303 g/mol. The van der Waals surface area contributed by atoms with Crippen molar-refractivity contribution in [2.45, 2.75) is 31.6 Å². The minimum Gasteiger partial charge on any atom is -0.306 e. The van der Waals surface area contributed by atoms with E-state index in [1.54, 1.807) is 11.1 Å². The van der Waals surface area contributed by atoms with Gasteiger partial charge < -0.3 is 4.90 Å². The smallest absolute Gasteiger partial charge is 0.0220 e. The van der Waals surface area contributed by atoms with E-state index >= 15 is 0 Å². The van der Waals surface area contributed by atoms with E-state index in [0.29, 0.717) is 0 Å². The van der Waals surface area contributed by atoms with Gasteiger partial charge in [-0.2, -0.15) is 0 Å². The van der Waals surface area contributed by atoms with Crippen molar-refractivity contribution < 1.29 is 0 Å². The summed E-state index contributed by atoms with van der Waals surface area (Å²) in [5.74, 6) is 0. The number of nitrogens with zero attached hydrogens (tertiary/aromatic N) is 1. The number of rotatable bonds is 1. The molecule has 0 radical (unpaired) electrons. The molecule has 4 rings (SSSR count). The zero-order valence-corrected chi connectivity index (χ0v) is 14.2. The molecule has 0 N–H and O–H groups in total. The number of benzene rings is 2. The number of hydrogen-bond acceptors (Lipinski definition) is 1. The topological polar surface area (TPSA) is 3.24 Å². The molecule has 0 bridgehead atoms. The molecule has 2 aromatic rings. The predicted molar refractivity (Wildman–Crippen MR) is 97.6 cm³/mol. The average Bonchev–Trinajstić information content (AvgIpc) is 2.90. The number of hydrogen-bond donors (Lipinski definition) is 0. The largest absolute Gasteiger partial charge is 0.306 e. The van der Waals surface area contributed by atoms with Gasteiger partial charge in [0.25, 0.3) is 0 Å². The predicted octanol–water partition coefficient (Wildman–Crippen LogP) is 4.68. The molecule has 23 heavy (non-hydrogen) atoms. The fourth-order valence-corrected chi connectivity index (χ4v) is 4.46. The monoisotopic (exact) mass is 303 g/mol. The molecule has 1 unspecified atom stereocenters. The highest BCUT2D eigenvalue weighted by Crippen LogP contribution is 2.51. The number of allylic oxidation sites excluding steroid dienone is 1.